The first-order valence-corrected chi connectivity index (χ1v) is 8.42. The van der Waals surface area contributed by atoms with Gasteiger partial charge in [-0.05, 0) is 61.0 Å². The van der Waals surface area contributed by atoms with E-state index in [1.807, 2.05) is 0 Å². The zero-order valence-electron chi connectivity index (χ0n) is 12.4. The minimum absolute atomic E-state index is 0.656. The lowest BCUT2D eigenvalue weighted by molar-refractivity contribution is 0.319. The number of hydrogen-bond acceptors (Lipinski definition) is 2. The number of aryl methyl sites for hydroxylation is 2. The quantitative estimate of drug-likeness (QED) is 0.830. The smallest absolute Gasteiger partial charge is 0.0766 e. The molecule has 0 saturated heterocycles. The number of aromatic nitrogens is 2. The Bertz CT molecular complexity index is 410. The van der Waals surface area contributed by atoms with Crippen molar-refractivity contribution in [1.29, 1.82) is 0 Å². The highest BCUT2D eigenvalue weighted by Crippen LogP contribution is 2.25. The molecule has 1 atom stereocenters. The monoisotopic (exact) mass is 327 g/mol. The van der Waals surface area contributed by atoms with Gasteiger partial charge in [-0.15, -0.1) is 0 Å². The topological polar surface area (TPSA) is 29.9 Å². The van der Waals surface area contributed by atoms with Gasteiger partial charge >= 0.3 is 0 Å². The van der Waals surface area contributed by atoms with Crippen LogP contribution < -0.4 is 5.32 Å². The van der Waals surface area contributed by atoms with E-state index in [1.54, 1.807) is 0 Å². The fourth-order valence-corrected chi connectivity index (χ4v) is 3.32. The summed E-state index contributed by atoms with van der Waals surface area (Å²) in [5.41, 5.74) is 2.55. The highest BCUT2D eigenvalue weighted by atomic mass is 79.9. The van der Waals surface area contributed by atoms with Crippen molar-refractivity contribution >= 4 is 15.9 Å². The largest absolute Gasteiger partial charge is 0.314 e. The van der Waals surface area contributed by atoms with Gasteiger partial charge in [-0.25, -0.2) is 0 Å². The lowest BCUT2D eigenvalue weighted by atomic mass is 9.92. The molecule has 0 amide bonds. The van der Waals surface area contributed by atoms with Crippen LogP contribution in [-0.4, -0.2) is 22.4 Å². The average molecular weight is 328 g/mol. The fraction of sp³-hybridized carbons (Fsp3) is 0.800. The van der Waals surface area contributed by atoms with Gasteiger partial charge in [-0.3, -0.25) is 4.68 Å². The third-order valence-electron chi connectivity index (χ3n) is 4.10. The molecular formula is C15H26BrN3. The van der Waals surface area contributed by atoms with E-state index in [4.69, 9.17) is 0 Å². The molecule has 0 spiro atoms. The normalized spacial score (nSPS) is 17.5. The van der Waals surface area contributed by atoms with Gasteiger partial charge in [-0.2, -0.15) is 5.10 Å². The Morgan fingerprint density at radius 1 is 1.42 bits per heavy atom. The number of nitrogens with zero attached hydrogens (tertiary/aromatic N) is 2. The molecule has 1 unspecified atom stereocenters. The van der Waals surface area contributed by atoms with Crippen molar-refractivity contribution < 1.29 is 0 Å². The molecule has 4 heteroatoms. The third-order valence-corrected chi connectivity index (χ3v) is 5.01. The zero-order valence-corrected chi connectivity index (χ0v) is 14.0. The molecule has 1 heterocycles. The molecule has 3 nitrogen and oxygen atoms in total. The lowest BCUT2D eigenvalue weighted by Gasteiger charge is -2.28. The highest BCUT2D eigenvalue weighted by molar-refractivity contribution is 9.10. The van der Waals surface area contributed by atoms with Gasteiger partial charge in [0.25, 0.3) is 0 Å². The Morgan fingerprint density at radius 2 is 2.16 bits per heavy atom. The Balaban J connectivity index is 1.94. The molecule has 1 aromatic rings. The minimum atomic E-state index is 0.656. The van der Waals surface area contributed by atoms with E-state index in [9.17, 15) is 0 Å². The Labute approximate surface area is 125 Å². The van der Waals surface area contributed by atoms with E-state index < -0.39 is 0 Å². The van der Waals surface area contributed by atoms with E-state index in [0.29, 0.717) is 5.92 Å². The van der Waals surface area contributed by atoms with E-state index >= 15 is 0 Å². The van der Waals surface area contributed by atoms with E-state index in [-0.39, 0.29) is 0 Å². The van der Waals surface area contributed by atoms with Gasteiger partial charge in [0.2, 0.25) is 0 Å². The summed E-state index contributed by atoms with van der Waals surface area (Å²) >= 11 is 3.73. The van der Waals surface area contributed by atoms with Crippen molar-refractivity contribution in [3.8, 4) is 0 Å². The first-order chi connectivity index (χ1) is 9.15. The maximum absolute atomic E-state index is 4.67. The summed E-state index contributed by atoms with van der Waals surface area (Å²) in [4.78, 5) is 0. The van der Waals surface area contributed by atoms with Crippen molar-refractivity contribution in [2.75, 3.05) is 6.54 Å². The summed E-state index contributed by atoms with van der Waals surface area (Å²) in [6, 6.07) is 0.785. The molecular weight excluding hydrogens is 302 g/mol. The van der Waals surface area contributed by atoms with Crippen LogP contribution in [0.4, 0.5) is 0 Å². The van der Waals surface area contributed by atoms with Gasteiger partial charge in [-0.1, -0.05) is 20.3 Å². The Hall–Kier alpha value is -0.350. The molecule has 1 aromatic heterocycles. The average Bonchev–Trinajstić information content (AvgIpc) is 2.64. The Morgan fingerprint density at radius 3 is 2.68 bits per heavy atom. The molecule has 1 aliphatic carbocycles. The van der Waals surface area contributed by atoms with Crippen LogP contribution in [0, 0.1) is 5.92 Å². The number of rotatable bonds is 7. The molecule has 1 fully saturated rings. The second kappa shape index (κ2) is 6.89. The molecule has 1 N–H and O–H groups in total. The molecule has 1 saturated carbocycles. The molecule has 0 aliphatic heterocycles. The van der Waals surface area contributed by atoms with Gasteiger partial charge in [0, 0.05) is 12.6 Å². The number of halogens is 1. The second-order valence-electron chi connectivity index (χ2n) is 5.72. The van der Waals surface area contributed by atoms with E-state index in [2.05, 4.69) is 51.8 Å². The lowest BCUT2D eigenvalue weighted by Crippen LogP contribution is -2.38. The minimum Gasteiger partial charge on any atom is -0.314 e. The maximum atomic E-state index is 4.67. The predicted molar refractivity (Wildman–Crippen MR) is 83.5 cm³/mol. The summed E-state index contributed by atoms with van der Waals surface area (Å²) < 4.78 is 3.38. The van der Waals surface area contributed by atoms with Crippen molar-refractivity contribution in [3.63, 3.8) is 0 Å². The summed E-state index contributed by atoms with van der Waals surface area (Å²) in [6.45, 7) is 8.74. The summed E-state index contributed by atoms with van der Waals surface area (Å²) in [5.74, 6) is 0.656. The van der Waals surface area contributed by atoms with Crippen LogP contribution >= 0.6 is 15.9 Å². The molecule has 0 aromatic carbocycles. The summed E-state index contributed by atoms with van der Waals surface area (Å²) in [6.07, 6.45) is 6.23. The van der Waals surface area contributed by atoms with Crippen molar-refractivity contribution in [2.24, 2.45) is 5.92 Å². The third kappa shape index (κ3) is 3.60. The van der Waals surface area contributed by atoms with Crippen LogP contribution in [0.15, 0.2) is 4.47 Å². The summed E-state index contributed by atoms with van der Waals surface area (Å²) in [5, 5.41) is 8.34. The van der Waals surface area contributed by atoms with Crippen LogP contribution in [0.25, 0.3) is 0 Å². The van der Waals surface area contributed by atoms with E-state index in [1.165, 1.54) is 35.1 Å². The zero-order chi connectivity index (χ0) is 13.8. The SMILES string of the molecule is CCc1nn(CC)c(CC(C)CNC2CCC2)c1Br. The first kappa shape index (κ1) is 15.0. The van der Waals surface area contributed by atoms with E-state index in [0.717, 1.165) is 32.0 Å². The molecule has 108 valence electrons. The van der Waals surface area contributed by atoms with Gasteiger partial charge in [0.05, 0.1) is 15.9 Å². The predicted octanol–water partition coefficient (Wildman–Crippen LogP) is 3.55. The van der Waals surface area contributed by atoms with Gasteiger partial charge in [0.15, 0.2) is 0 Å². The highest BCUT2D eigenvalue weighted by Gasteiger charge is 2.19. The maximum Gasteiger partial charge on any atom is 0.0766 e. The molecule has 1 aliphatic rings. The van der Waals surface area contributed by atoms with Gasteiger partial charge < -0.3 is 5.32 Å². The van der Waals surface area contributed by atoms with Crippen LogP contribution in [0.1, 0.15) is 51.4 Å². The standard InChI is InChI=1S/C15H26BrN3/c1-4-13-15(16)14(19(5-2)18-13)9-11(3)10-17-12-7-6-8-12/h11-12,17H,4-10H2,1-3H3. The number of hydrogen-bond donors (Lipinski definition) is 1. The fourth-order valence-electron chi connectivity index (χ4n) is 2.59. The first-order valence-electron chi connectivity index (χ1n) is 7.63. The van der Waals surface area contributed by atoms with Crippen LogP contribution in [0.5, 0.6) is 0 Å². The van der Waals surface area contributed by atoms with Crippen molar-refractivity contribution in [2.45, 2.75) is 65.5 Å². The molecule has 0 bridgehead atoms. The summed E-state index contributed by atoms with van der Waals surface area (Å²) in [7, 11) is 0. The molecule has 0 radical (unpaired) electrons. The van der Waals surface area contributed by atoms with Crippen LogP contribution in [-0.2, 0) is 19.4 Å². The van der Waals surface area contributed by atoms with Crippen molar-refractivity contribution in [1.82, 2.24) is 15.1 Å². The Kier molecular flexibility index (Phi) is 5.46. The van der Waals surface area contributed by atoms with Gasteiger partial charge in [0.1, 0.15) is 0 Å². The van der Waals surface area contributed by atoms with Crippen molar-refractivity contribution in [3.05, 3.63) is 15.9 Å². The molecule has 2 rings (SSSR count). The second-order valence-corrected chi connectivity index (χ2v) is 6.52. The van der Waals surface area contributed by atoms with Crippen LogP contribution in [0.2, 0.25) is 0 Å². The van der Waals surface area contributed by atoms with Crippen LogP contribution in [0.3, 0.4) is 0 Å². The number of nitrogens with one attached hydrogen (secondary N) is 1. The molecule has 19 heavy (non-hydrogen) atoms.